The third-order valence-corrected chi connectivity index (χ3v) is 7.71. The number of para-hydroxylation sites is 2. The maximum atomic E-state index is 14.0. The first-order chi connectivity index (χ1) is 19.3. The number of anilines is 1. The molecule has 13 nitrogen and oxygen atoms in total. The topological polar surface area (TPSA) is 169 Å². The normalized spacial score (nSPS) is 19.2. The Morgan fingerprint density at radius 2 is 2.00 bits per heavy atom. The lowest BCUT2D eigenvalue weighted by molar-refractivity contribution is -0.142. The number of carbonyl (C=O) groups excluding carboxylic acids is 1. The Hall–Kier alpha value is -4.00. The molecule has 0 amide bonds. The van der Waals surface area contributed by atoms with Gasteiger partial charge in [-0.1, -0.05) is 36.4 Å². The quantitative estimate of drug-likeness (QED) is 0.179. The molecule has 0 bridgehead atoms. The van der Waals surface area contributed by atoms with Crippen LogP contribution in [0.3, 0.4) is 0 Å². The molecule has 1 fully saturated rings. The lowest BCUT2D eigenvalue weighted by Gasteiger charge is -2.25. The second-order valence-corrected chi connectivity index (χ2v) is 10.6. The van der Waals surface area contributed by atoms with Crippen LogP contribution >= 0.6 is 7.75 Å². The fourth-order valence-corrected chi connectivity index (χ4v) is 5.70. The number of carbonyl (C=O) groups is 1. The van der Waals surface area contributed by atoms with Gasteiger partial charge in [-0.2, -0.15) is 10.1 Å². The number of esters is 1. The number of aromatic nitrogens is 3. The zero-order valence-electron chi connectivity index (χ0n) is 21.5. The van der Waals surface area contributed by atoms with E-state index in [0.717, 1.165) is 16.5 Å². The van der Waals surface area contributed by atoms with Crippen molar-refractivity contribution in [2.75, 3.05) is 26.1 Å². The number of aromatic amines is 1. The van der Waals surface area contributed by atoms with E-state index in [-0.39, 0.29) is 31.2 Å². The minimum atomic E-state index is -4.22. The van der Waals surface area contributed by atoms with E-state index >= 15 is 0 Å². The van der Waals surface area contributed by atoms with Crippen LogP contribution in [0.5, 0.6) is 5.75 Å². The van der Waals surface area contributed by atoms with Crippen molar-refractivity contribution in [3.8, 4) is 5.75 Å². The van der Waals surface area contributed by atoms with Gasteiger partial charge in [0.05, 0.1) is 13.7 Å². The van der Waals surface area contributed by atoms with E-state index in [0.29, 0.717) is 0 Å². The van der Waals surface area contributed by atoms with Crippen molar-refractivity contribution in [2.24, 2.45) is 0 Å². The molecule has 0 spiro atoms. The summed E-state index contributed by atoms with van der Waals surface area (Å²) in [5.74, 6) is -0.327. The Morgan fingerprint density at radius 3 is 2.77 bits per heavy atom. The van der Waals surface area contributed by atoms with Crippen LogP contribution in [-0.2, 0) is 34.5 Å². The van der Waals surface area contributed by atoms with Gasteiger partial charge in [0.25, 0.3) is 0 Å². The Kier molecular flexibility index (Phi) is 8.29. The largest absolute Gasteiger partial charge is 0.468 e. The summed E-state index contributed by atoms with van der Waals surface area (Å²) in [5, 5.41) is 3.65. The molecule has 5 rings (SSSR count). The molecule has 0 saturated carbocycles. The molecule has 1 aliphatic rings. The number of methoxy groups -OCH3 is 1. The third-order valence-electron chi connectivity index (χ3n) is 6.14. The van der Waals surface area contributed by atoms with E-state index in [2.05, 4.69) is 15.1 Å². The number of hydrogen-bond donors (Lipinski definition) is 3. The summed E-state index contributed by atoms with van der Waals surface area (Å²) in [7, 11) is -2.98. The zero-order valence-corrected chi connectivity index (χ0v) is 22.4. The monoisotopic (exact) mass is 569 g/mol. The summed E-state index contributed by atoms with van der Waals surface area (Å²) in [5.41, 5.74) is 6.64. The van der Waals surface area contributed by atoms with E-state index in [9.17, 15) is 14.2 Å². The molecule has 2 unspecified atom stereocenters. The number of nitrogens with zero attached hydrogens (tertiary/aromatic N) is 2. The van der Waals surface area contributed by atoms with Crippen LogP contribution in [0, 0.1) is 0 Å². The van der Waals surface area contributed by atoms with Crippen LogP contribution in [0.2, 0.25) is 0 Å². The summed E-state index contributed by atoms with van der Waals surface area (Å²) in [6.45, 7) is -0.326. The molecule has 4 N–H and O–H groups in total. The lowest BCUT2D eigenvalue weighted by Crippen LogP contribution is -2.39. The first-order valence-electron chi connectivity index (χ1n) is 12.3. The predicted molar refractivity (Wildman–Crippen MR) is 144 cm³/mol. The molecular weight excluding hydrogens is 541 g/mol. The highest BCUT2D eigenvalue weighted by Crippen LogP contribution is 2.46. The molecular formula is C26H28N5O8P. The fraction of sp³-hybridized carbons (Fsp3) is 0.269. The second kappa shape index (κ2) is 12.0. The summed E-state index contributed by atoms with van der Waals surface area (Å²) in [4.78, 5) is 31.8. The number of fused-ring (bicyclic) bond motifs is 1. The van der Waals surface area contributed by atoms with Crippen molar-refractivity contribution in [3.05, 3.63) is 89.1 Å². The number of nitrogens with two attached hydrogens (primary N) is 1. The molecule has 4 aromatic rings. The Labute approximate surface area is 228 Å². The average molecular weight is 570 g/mol. The molecule has 0 aliphatic carbocycles. The van der Waals surface area contributed by atoms with Gasteiger partial charge in [0.15, 0.2) is 12.5 Å². The van der Waals surface area contributed by atoms with Gasteiger partial charge in [-0.3, -0.25) is 13.9 Å². The standard InChI is InChI=1S/C26H28N5O8P/c1-35-25(32)21(13-17-14-28-20-10-6-5-9-19(17)20)30-40(34,39-18-7-3-2-4-8-18)37-16-24-36-15-23(38-24)31-12-11-22(27)29-26(31)33/h2-12,14,21,23-24,28H,13,15-16H2,1H3,(H,30,34)(H2,27,29,33)/t21-,23+,24?,40?/m1/s1. The van der Waals surface area contributed by atoms with Gasteiger partial charge in [0.2, 0.25) is 0 Å². The van der Waals surface area contributed by atoms with Crippen LogP contribution in [0.4, 0.5) is 5.82 Å². The molecule has 3 heterocycles. The summed E-state index contributed by atoms with van der Waals surface area (Å²) in [6, 6.07) is 16.4. The minimum Gasteiger partial charge on any atom is -0.468 e. The van der Waals surface area contributed by atoms with Crippen LogP contribution in [-0.4, -0.2) is 53.2 Å². The van der Waals surface area contributed by atoms with Crippen molar-refractivity contribution in [3.63, 3.8) is 0 Å². The number of ether oxygens (including phenoxy) is 3. The zero-order chi connectivity index (χ0) is 28.1. The van der Waals surface area contributed by atoms with Crippen LogP contribution in [0.15, 0.2) is 77.9 Å². The van der Waals surface area contributed by atoms with Crippen molar-refractivity contribution in [1.82, 2.24) is 19.6 Å². The van der Waals surface area contributed by atoms with Gasteiger partial charge in [-0.25, -0.2) is 9.36 Å². The van der Waals surface area contributed by atoms with Crippen LogP contribution in [0.25, 0.3) is 10.9 Å². The Morgan fingerprint density at radius 1 is 1.23 bits per heavy atom. The number of H-pyrrole nitrogens is 1. The number of rotatable bonds is 11. The Balaban J connectivity index is 1.33. The van der Waals surface area contributed by atoms with Crippen molar-refractivity contribution < 1.29 is 32.6 Å². The van der Waals surface area contributed by atoms with Gasteiger partial charge in [0.1, 0.15) is 24.2 Å². The van der Waals surface area contributed by atoms with E-state index in [4.69, 9.17) is 29.0 Å². The lowest BCUT2D eigenvalue weighted by atomic mass is 10.1. The highest BCUT2D eigenvalue weighted by atomic mass is 31.2. The van der Waals surface area contributed by atoms with E-state index < -0.39 is 38.0 Å². The van der Waals surface area contributed by atoms with Gasteiger partial charge < -0.3 is 29.5 Å². The highest BCUT2D eigenvalue weighted by Gasteiger charge is 2.37. The SMILES string of the molecule is COC(=O)[C@@H](Cc1c[nH]c2ccccc12)NP(=O)(OCC1OC[C@@H](n2ccc(N)nc2=O)O1)Oc1ccccc1. The van der Waals surface area contributed by atoms with Crippen molar-refractivity contribution in [2.45, 2.75) is 25.0 Å². The smallest absolute Gasteiger partial charge is 0.459 e. The maximum Gasteiger partial charge on any atom is 0.459 e. The molecule has 1 saturated heterocycles. The summed E-state index contributed by atoms with van der Waals surface area (Å²) in [6.07, 6.45) is 1.57. The van der Waals surface area contributed by atoms with Gasteiger partial charge in [0, 0.05) is 29.7 Å². The number of nitrogens with one attached hydrogen (secondary N) is 2. The molecule has 1 aliphatic heterocycles. The Bertz CT molecular complexity index is 1580. The van der Waals surface area contributed by atoms with E-state index in [1.807, 2.05) is 24.3 Å². The van der Waals surface area contributed by atoms with Crippen LogP contribution in [0.1, 0.15) is 11.8 Å². The van der Waals surface area contributed by atoms with E-state index in [1.165, 1.54) is 23.9 Å². The van der Waals surface area contributed by atoms with Crippen molar-refractivity contribution in [1.29, 1.82) is 0 Å². The van der Waals surface area contributed by atoms with Gasteiger partial charge in [-0.05, 0) is 29.8 Å². The third kappa shape index (κ3) is 6.41. The second-order valence-electron chi connectivity index (χ2n) is 8.86. The van der Waals surface area contributed by atoms with Crippen LogP contribution < -0.4 is 21.0 Å². The first-order valence-corrected chi connectivity index (χ1v) is 13.9. The number of hydrogen-bond acceptors (Lipinski definition) is 10. The molecule has 0 radical (unpaired) electrons. The summed E-state index contributed by atoms with van der Waals surface area (Å²) >= 11 is 0. The maximum absolute atomic E-state index is 14.0. The first kappa shape index (κ1) is 27.6. The fourth-order valence-electron chi connectivity index (χ4n) is 4.23. The van der Waals surface area contributed by atoms with Gasteiger partial charge in [-0.15, -0.1) is 0 Å². The van der Waals surface area contributed by atoms with Crippen molar-refractivity contribution >= 4 is 30.4 Å². The number of benzene rings is 2. The number of nitrogen functional groups attached to an aromatic ring is 1. The van der Waals surface area contributed by atoms with Gasteiger partial charge >= 0.3 is 19.4 Å². The molecule has 4 atom stereocenters. The predicted octanol–water partition coefficient (Wildman–Crippen LogP) is 2.76. The molecule has 14 heteroatoms. The molecule has 2 aromatic carbocycles. The minimum absolute atomic E-state index is 0.0160. The molecule has 2 aromatic heterocycles. The summed E-state index contributed by atoms with van der Waals surface area (Å²) < 4.78 is 43.1. The highest BCUT2D eigenvalue weighted by molar-refractivity contribution is 7.52. The average Bonchev–Trinajstić information content (AvgIpc) is 3.59. The molecule has 40 heavy (non-hydrogen) atoms. The molecule has 210 valence electrons. The van der Waals surface area contributed by atoms with E-state index in [1.54, 1.807) is 36.5 Å².